The zero-order valence-electron chi connectivity index (χ0n) is 18.8. The van der Waals surface area contributed by atoms with Crippen LogP contribution in [0.1, 0.15) is 72.8 Å². The summed E-state index contributed by atoms with van der Waals surface area (Å²) < 4.78 is 21.1. The molecule has 176 valence electrons. The lowest BCUT2D eigenvalue weighted by atomic mass is 9.92. The number of benzene rings is 1. The Morgan fingerprint density at radius 1 is 1.03 bits per heavy atom. The van der Waals surface area contributed by atoms with Crippen molar-refractivity contribution in [3.63, 3.8) is 0 Å². The lowest BCUT2D eigenvalue weighted by Gasteiger charge is -2.33. The molecule has 2 aliphatic heterocycles. The number of piperidine rings is 1. The first-order chi connectivity index (χ1) is 16.1. The Hall–Kier alpha value is -2.74. The molecule has 0 radical (unpaired) electrons. The lowest BCUT2D eigenvalue weighted by Crippen LogP contribution is -2.46. The van der Waals surface area contributed by atoms with Crippen LogP contribution in [0.2, 0.25) is 0 Å². The number of halogens is 1. The number of likely N-dealkylation sites (tertiary alicyclic amines) is 1. The Morgan fingerprint density at radius 2 is 1.76 bits per heavy atom. The van der Waals surface area contributed by atoms with Gasteiger partial charge >= 0.3 is 0 Å². The summed E-state index contributed by atoms with van der Waals surface area (Å²) in [6.07, 6.45) is 8.68. The predicted molar refractivity (Wildman–Crippen MR) is 120 cm³/mol. The Morgan fingerprint density at radius 3 is 2.48 bits per heavy atom. The molecule has 33 heavy (non-hydrogen) atoms. The number of carbonyl (C=O) groups is 2. The van der Waals surface area contributed by atoms with Gasteiger partial charge in [-0.1, -0.05) is 31.4 Å². The Labute approximate surface area is 193 Å². The van der Waals surface area contributed by atoms with Crippen molar-refractivity contribution in [3.05, 3.63) is 53.4 Å². The second kappa shape index (κ2) is 9.63. The molecule has 1 aromatic heterocycles. The third-order valence-electron chi connectivity index (χ3n) is 7.28. The van der Waals surface area contributed by atoms with E-state index in [9.17, 15) is 14.0 Å². The molecule has 0 spiro atoms. The highest BCUT2D eigenvalue weighted by Gasteiger charge is 2.32. The van der Waals surface area contributed by atoms with E-state index in [1.807, 2.05) is 4.57 Å². The van der Waals surface area contributed by atoms with Gasteiger partial charge in [-0.3, -0.25) is 9.59 Å². The summed E-state index contributed by atoms with van der Waals surface area (Å²) in [6.45, 7) is 1.94. The van der Waals surface area contributed by atoms with Gasteiger partial charge in [0.25, 0.3) is 5.91 Å². The fraction of sp³-hybridized carbons (Fsp3) is 0.560. The molecule has 5 rings (SSSR count). The van der Waals surface area contributed by atoms with Crippen LogP contribution in [0.5, 0.6) is 0 Å². The van der Waals surface area contributed by atoms with Crippen molar-refractivity contribution < 1.29 is 18.7 Å². The van der Waals surface area contributed by atoms with Crippen LogP contribution in [0.25, 0.3) is 0 Å². The summed E-state index contributed by atoms with van der Waals surface area (Å²) in [5, 5.41) is 3.23. The van der Waals surface area contributed by atoms with Gasteiger partial charge in [0.05, 0.1) is 25.2 Å². The molecule has 2 fully saturated rings. The smallest absolute Gasteiger partial charge is 0.274 e. The number of fused-ring (bicyclic) bond motifs is 1. The molecular weight excluding hydrogens is 423 g/mol. The van der Waals surface area contributed by atoms with Crippen LogP contribution in [0.4, 0.5) is 4.39 Å². The van der Waals surface area contributed by atoms with Crippen molar-refractivity contribution >= 4 is 11.8 Å². The van der Waals surface area contributed by atoms with Crippen molar-refractivity contribution in [1.29, 1.82) is 0 Å². The molecule has 1 unspecified atom stereocenters. The number of hydrogen-bond donors (Lipinski definition) is 1. The largest absolute Gasteiger partial charge is 0.365 e. The van der Waals surface area contributed by atoms with Crippen molar-refractivity contribution in [3.8, 4) is 0 Å². The minimum absolute atomic E-state index is 0.0216. The molecule has 3 aliphatic rings. The van der Waals surface area contributed by atoms with Gasteiger partial charge in [-0.15, -0.1) is 0 Å². The molecule has 7 nitrogen and oxygen atoms in total. The maximum Gasteiger partial charge on any atom is 0.274 e. The monoisotopic (exact) mass is 454 g/mol. The first-order valence-electron chi connectivity index (χ1n) is 12.1. The van der Waals surface area contributed by atoms with Crippen LogP contribution in [0.15, 0.2) is 30.6 Å². The zero-order chi connectivity index (χ0) is 22.8. The molecule has 0 bridgehead atoms. The van der Waals surface area contributed by atoms with Gasteiger partial charge in [-0.25, -0.2) is 9.37 Å². The normalized spacial score (nSPS) is 22.1. The average Bonchev–Trinajstić information content (AvgIpc) is 3.28. The number of rotatable bonds is 4. The second-order valence-corrected chi connectivity index (χ2v) is 9.45. The van der Waals surface area contributed by atoms with Gasteiger partial charge in [-0.05, 0) is 43.4 Å². The standard InChI is InChI=1S/C25H31FN4O3/c26-19-8-6-17(7-9-19)22-14-30-16-27-23(21(30)15-33-22)25(32)29-12-10-18(11-13-29)24(31)28-20-4-2-1-3-5-20/h6-9,16,18,20,22H,1-5,10-15H2,(H,28,31). The van der Waals surface area contributed by atoms with Crippen molar-refractivity contribution in [2.24, 2.45) is 5.92 Å². The number of ether oxygens (including phenoxy) is 1. The molecule has 1 aliphatic carbocycles. The van der Waals surface area contributed by atoms with Gasteiger partial charge in [0.1, 0.15) is 11.9 Å². The van der Waals surface area contributed by atoms with E-state index >= 15 is 0 Å². The molecule has 1 atom stereocenters. The number of hydrogen-bond acceptors (Lipinski definition) is 4. The van der Waals surface area contributed by atoms with Crippen LogP contribution in [0, 0.1) is 11.7 Å². The lowest BCUT2D eigenvalue weighted by molar-refractivity contribution is -0.127. The maximum atomic E-state index is 13.2. The van der Waals surface area contributed by atoms with Crippen LogP contribution in [0.3, 0.4) is 0 Å². The fourth-order valence-electron chi connectivity index (χ4n) is 5.25. The van der Waals surface area contributed by atoms with E-state index in [1.54, 1.807) is 23.4 Å². The van der Waals surface area contributed by atoms with Crippen LogP contribution in [-0.4, -0.2) is 45.4 Å². The molecule has 8 heteroatoms. The van der Waals surface area contributed by atoms with Crippen LogP contribution >= 0.6 is 0 Å². The topological polar surface area (TPSA) is 76.5 Å². The van der Waals surface area contributed by atoms with Gasteiger partial charge in [0.2, 0.25) is 5.91 Å². The Bertz CT molecular complexity index is 992. The van der Waals surface area contributed by atoms with E-state index in [-0.39, 0.29) is 36.3 Å². The van der Waals surface area contributed by atoms with Crippen LogP contribution in [-0.2, 0) is 22.7 Å². The number of imidazole rings is 1. The summed E-state index contributed by atoms with van der Waals surface area (Å²) in [6, 6.07) is 6.62. The van der Waals surface area contributed by atoms with Crippen molar-refractivity contribution in [2.75, 3.05) is 13.1 Å². The minimum Gasteiger partial charge on any atom is -0.365 e. The van der Waals surface area contributed by atoms with E-state index in [0.29, 0.717) is 44.2 Å². The van der Waals surface area contributed by atoms with E-state index in [4.69, 9.17) is 4.74 Å². The van der Waals surface area contributed by atoms with E-state index in [2.05, 4.69) is 10.3 Å². The molecule has 2 amide bonds. The van der Waals surface area contributed by atoms with Crippen molar-refractivity contribution in [1.82, 2.24) is 19.8 Å². The van der Waals surface area contributed by atoms with Gasteiger partial charge < -0.3 is 19.5 Å². The highest BCUT2D eigenvalue weighted by atomic mass is 19.1. The third-order valence-corrected chi connectivity index (χ3v) is 7.28. The molecule has 1 saturated carbocycles. The SMILES string of the molecule is O=C(NC1CCCCC1)C1CCN(C(=O)c2ncn3c2COC(c2ccc(F)cc2)C3)CC1. The first-order valence-corrected chi connectivity index (χ1v) is 12.1. The Balaban J connectivity index is 1.17. The average molecular weight is 455 g/mol. The molecule has 1 saturated heterocycles. The summed E-state index contributed by atoms with van der Waals surface area (Å²) in [7, 11) is 0. The summed E-state index contributed by atoms with van der Waals surface area (Å²) >= 11 is 0. The minimum atomic E-state index is -0.277. The first kappa shape index (κ1) is 22.1. The molecule has 3 heterocycles. The molecule has 1 N–H and O–H groups in total. The molecular formula is C25H31FN4O3. The van der Waals surface area contributed by atoms with Gasteiger partial charge in [-0.2, -0.15) is 0 Å². The number of nitrogens with zero attached hydrogens (tertiary/aromatic N) is 3. The number of amides is 2. The second-order valence-electron chi connectivity index (χ2n) is 9.45. The highest BCUT2D eigenvalue weighted by molar-refractivity contribution is 5.93. The molecule has 1 aromatic carbocycles. The van der Waals surface area contributed by atoms with Gasteiger partial charge in [0, 0.05) is 25.0 Å². The van der Waals surface area contributed by atoms with E-state index < -0.39 is 0 Å². The maximum absolute atomic E-state index is 13.2. The van der Waals surface area contributed by atoms with Crippen molar-refractivity contribution in [2.45, 2.75) is 70.2 Å². The summed E-state index contributed by atoms with van der Waals surface area (Å²) in [4.78, 5) is 32.0. The third kappa shape index (κ3) is 4.81. The highest BCUT2D eigenvalue weighted by Crippen LogP contribution is 2.29. The quantitative estimate of drug-likeness (QED) is 0.766. The fourth-order valence-corrected chi connectivity index (χ4v) is 5.25. The predicted octanol–water partition coefficient (Wildman–Crippen LogP) is 3.59. The number of aromatic nitrogens is 2. The summed E-state index contributed by atoms with van der Waals surface area (Å²) in [5.41, 5.74) is 2.10. The van der Waals surface area contributed by atoms with E-state index in [0.717, 1.165) is 24.1 Å². The van der Waals surface area contributed by atoms with Crippen LogP contribution < -0.4 is 5.32 Å². The van der Waals surface area contributed by atoms with Gasteiger partial charge in [0.15, 0.2) is 5.69 Å². The number of carbonyl (C=O) groups excluding carboxylic acids is 2. The summed E-state index contributed by atoms with van der Waals surface area (Å²) in [5.74, 6) is -0.250. The Kier molecular flexibility index (Phi) is 6.44. The number of nitrogens with one attached hydrogen (secondary N) is 1. The zero-order valence-corrected chi connectivity index (χ0v) is 18.8. The van der Waals surface area contributed by atoms with E-state index in [1.165, 1.54) is 31.4 Å². The molecule has 2 aromatic rings.